The van der Waals surface area contributed by atoms with Crippen LogP contribution in [-0.4, -0.2) is 4.57 Å². The zero-order valence-electron chi connectivity index (χ0n) is 8.55. The van der Waals surface area contributed by atoms with Gasteiger partial charge in [0, 0.05) is 33.8 Å². The first-order valence-electron chi connectivity index (χ1n) is 4.66. The summed E-state index contributed by atoms with van der Waals surface area (Å²) >= 11 is 2.02. The van der Waals surface area contributed by atoms with E-state index in [1.165, 1.54) is 9.21 Å². The predicted octanol–water partition coefficient (Wildman–Crippen LogP) is 3.76. The molecule has 2 rings (SSSR count). The summed E-state index contributed by atoms with van der Waals surface area (Å²) in [6.45, 7) is 0. The van der Waals surface area contributed by atoms with Gasteiger partial charge in [0.25, 0.3) is 0 Å². The van der Waals surface area contributed by atoms with E-state index in [-0.39, 0.29) is 0 Å². The molecule has 5 heteroatoms. The summed E-state index contributed by atoms with van der Waals surface area (Å²) in [6.07, 6.45) is -0.528. The summed E-state index contributed by atoms with van der Waals surface area (Å²) in [5, 5.41) is 10.2. The predicted molar refractivity (Wildman–Crippen MR) is 74.0 cm³/mol. The number of benzene rings is 1. The summed E-state index contributed by atoms with van der Waals surface area (Å²) in [4.78, 5) is 0. The summed E-state index contributed by atoms with van der Waals surface area (Å²) in [7, 11) is 3.13. The van der Waals surface area contributed by atoms with Gasteiger partial charge < -0.3 is 4.57 Å². The van der Waals surface area contributed by atoms with Crippen LogP contribution in [0.3, 0.4) is 0 Å². The number of aryl methyl sites for hydroxylation is 1. The highest BCUT2D eigenvalue weighted by Gasteiger charge is 2.16. The van der Waals surface area contributed by atoms with Gasteiger partial charge in [0.2, 0.25) is 0 Å². The van der Waals surface area contributed by atoms with E-state index in [1.54, 1.807) is 0 Å². The number of nitrogens with zero attached hydrogens (tertiary/aromatic N) is 2. The zero-order valence-corrected chi connectivity index (χ0v) is 11.5. The first-order valence-corrected chi connectivity index (χ1v) is 7.94. The lowest BCUT2D eigenvalue weighted by Gasteiger charge is -2.08. The zero-order chi connectivity index (χ0) is 11.5. The molecule has 0 saturated carbocycles. The Hall–Kier alpha value is -0.710. The molecule has 0 N–H and O–H groups in total. The molecule has 0 aliphatic heterocycles. The van der Waals surface area contributed by atoms with Crippen molar-refractivity contribution in [3.05, 3.63) is 36.0 Å². The molecule has 1 heterocycles. The number of nitriles is 1. The fourth-order valence-electron chi connectivity index (χ4n) is 1.74. The second kappa shape index (κ2) is 5.08. The molecule has 0 bridgehead atoms. The molecule has 0 aliphatic carbocycles. The second-order valence-corrected chi connectivity index (χ2v) is 4.75. The van der Waals surface area contributed by atoms with E-state index in [9.17, 15) is 0 Å². The number of hydrogen-bond donors (Lipinski definition) is 0. The van der Waals surface area contributed by atoms with Crippen molar-refractivity contribution in [3.63, 3.8) is 0 Å². The Morgan fingerprint density at radius 3 is 2.88 bits per heavy atom. The summed E-state index contributed by atoms with van der Waals surface area (Å²) in [5.74, 6) is 0. The van der Waals surface area contributed by atoms with Crippen LogP contribution in [0.15, 0.2) is 30.3 Å². The van der Waals surface area contributed by atoms with Gasteiger partial charge in [-0.1, -0.05) is 18.2 Å². The van der Waals surface area contributed by atoms with Crippen LogP contribution in [0.2, 0.25) is 0 Å². The Kier molecular flexibility index (Phi) is 3.74. The quantitative estimate of drug-likeness (QED) is 0.629. The minimum Gasteiger partial charge on any atom is -0.344 e. The van der Waals surface area contributed by atoms with Crippen molar-refractivity contribution in [2.24, 2.45) is 7.05 Å². The molecule has 1 aromatic carbocycles. The van der Waals surface area contributed by atoms with Gasteiger partial charge in [-0.05, 0) is 17.5 Å². The molecule has 0 amide bonds. The van der Waals surface area contributed by atoms with Crippen molar-refractivity contribution in [1.29, 1.82) is 5.26 Å². The third kappa shape index (κ3) is 2.05. The molecule has 0 radical (unpaired) electrons. The minimum atomic E-state index is -0.528. The van der Waals surface area contributed by atoms with Crippen LogP contribution < -0.4 is 0 Å². The number of hydrogen-bond acceptors (Lipinski definition) is 3. The van der Waals surface area contributed by atoms with E-state index in [0.717, 1.165) is 16.6 Å². The van der Waals surface area contributed by atoms with E-state index in [2.05, 4.69) is 6.07 Å². The lowest BCUT2D eigenvalue weighted by Crippen LogP contribution is -2.02. The van der Waals surface area contributed by atoms with Gasteiger partial charge in [0.15, 0.2) is 6.10 Å². The smallest absolute Gasteiger partial charge is 0.199 e. The molecule has 0 aliphatic rings. The van der Waals surface area contributed by atoms with Gasteiger partial charge in [-0.25, -0.2) is 0 Å². The minimum absolute atomic E-state index is 0.528. The molecule has 1 unspecified atom stereocenters. The lowest BCUT2D eigenvalue weighted by atomic mass is 10.2. The van der Waals surface area contributed by atoms with Crippen molar-refractivity contribution in [2.45, 2.75) is 6.10 Å². The van der Waals surface area contributed by atoms with Crippen LogP contribution in [0.4, 0.5) is 0 Å². The Morgan fingerprint density at radius 2 is 2.25 bits per heavy atom. The highest BCUT2D eigenvalue weighted by Crippen LogP contribution is 2.29. The maximum Gasteiger partial charge on any atom is 0.199 e. The second-order valence-electron chi connectivity index (χ2n) is 3.36. The largest absolute Gasteiger partial charge is 0.344 e. The van der Waals surface area contributed by atoms with Gasteiger partial charge in [-0.2, -0.15) is 5.26 Å². The van der Waals surface area contributed by atoms with Crippen molar-refractivity contribution in [1.82, 2.24) is 4.57 Å². The van der Waals surface area contributed by atoms with Crippen molar-refractivity contribution in [3.8, 4) is 6.07 Å². The molecule has 2 aromatic rings. The Bertz CT molecular complexity index is 546. The molecule has 1 aromatic heterocycles. The fraction of sp³-hybridized carbons (Fsp3) is 0.182. The van der Waals surface area contributed by atoms with Gasteiger partial charge in [-0.15, -0.1) is 0 Å². The molecule has 82 valence electrons. The van der Waals surface area contributed by atoms with Crippen LogP contribution in [-0.2, 0) is 11.2 Å². The number of para-hydroxylation sites is 1. The number of fused-ring (bicyclic) bond motifs is 1. The SMILES string of the molecule is Cn1c(C(C#N)OSI)cc2ccccc21. The van der Waals surface area contributed by atoms with Crippen LogP contribution in [0.1, 0.15) is 11.8 Å². The van der Waals surface area contributed by atoms with Gasteiger partial charge in [-0.3, -0.25) is 4.18 Å². The molecular formula is C11H9IN2OS. The Labute approximate surface area is 110 Å². The molecule has 0 fully saturated rings. The van der Waals surface area contributed by atoms with E-state index in [1.807, 2.05) is 63.2 Å². The maximum absolute atomic E-state index is 9.06. The van der Waals surface area contributed by atoms with Crippen LogP contribution in [0, 0.1) is 11.3 Å². The van der Waals surface area contributed by atoms with Crippen molar-refractivity contribution in [2.75, 3.05) is 0 Å². The van der Waals surface area contributed by atoms with Gasteiger partial charge >= 0.3 is 0 Å². The summed E-state index contributed by atoms with van der Waals surface area (Å²) < 4.78 is 7.31. The van der Waals surface area contributed by atoms with Crippen LogP contribution in [0.25, 0.3) is 10.9 Å². The highest BCUT2D eigenvalue weighted by molar-refractivity contribution is 14.2. The van der Waals surface area contributed by atoms with Gasteiger partial charge in [0.1, 0.15) is 6.07 Å². The van der Waals surface area contributed by atoms with E-state index >= 15 is 0 Å². The first kappa shape index (κ1) is 11.8. The number of aromatic nitrogens is 1. The van der Waals surface area contributed by atoms with Crippen LogP contribution in [0.5, 0.6) is 0 Å². The number of halogens is 1. The van der Waals surface area contributed by atoms with Crippen LogP contribution >= 0.6 is 30.4 Å². The Balaban J connectivity index is 2.52. The molecule has 0 spiro atoms. The molecule has 3 nitrogen and oxygen atoms in total. The molecule has 16 heavy (non-hydrogen) atoms. The van der Waals surface area contributed by atoms with E-state index < -0.39 is 6.10 Å². The third-order valence-corrected chi connectivity index (χ3v) is 3.40. The van der Waals surface area contributed by atoms with E-state index in [0.29, 0.717) is 0 Å². The molecule has 1 atom stereocenters. The van der Waals surface area contributed by atoms with Gasteiger partial charge in [0.05, 0.1) is 14.9 Å². The summed E-state index contributed by atoms with van der Waals surface area (Å²) in [5.41, 5.74) is 1.99. The van der Waals surface area contributed by atoms with Crippen molar-refractivity contribution >= 4 is 41.3 Å². The monoisotopic (exact) mass is 344 g/mol. The van der Waals surface area contributed by atoms with E-state index in [4.69, 9.17) is 9.44 Å². The molecular weight excluding hydrogens is 335 g/mol. The van der Waals surface area contributed by atoms with Crippen molar-refractivity contribution < 1.29 is 4.18 Å². The summed E-state index contributed by atoms with van der Waals surface area (Å²) in [6, 6.07) is 12.2. The maximum atomic E-state index is 9.06. The third-order valence-electron chi connectivity index (χ3n) is 2.51. The normalized spacial score (nSPS) is 12.6. The fourth-order valence-corrected chi connectivity index (χ4v) is 2.57. The topological polar surface area (TPSA) is 38.0 Å². The first-order chi connectivity index (χ1) is 7.77. The molecule has 0 saturated heterocycles. The average molecular weight is 344 g/mol. The Morgan fingerprint density at radius 1 is 1.50 bits per heavy atom. The number of rotatable bonds is 3. The lowest BCUT2D eigenvalue weighted by molar-refractivity contribution is 0.308. The standard InChI is InChI=1S/C11H9IN2OS/c1-14-9-5-3-2-4-8(9)6-10(14)11(7-13)15-16-12/h2-6,11H,1H3. The highest BCUT2D eigenvalue weighted by atomic mass is 127. The average Bonchev–Trinajstić information content (AvgIpc) is 2.64.